The molecule has 1 nitrogen and oxygen atoms in total. The minimum atomic E-state index is -4.15. The number of hydrogen-bond donors (Lipinski definition) is 1. The molecule has 0 aliphatic heterocycles. The lowest BCUT2D eigenvalue weighted by Crippen LogP contribution is -2.27. The van der Waals surface area contributed by atoms with E-state index in [4.69, 9.17) is 0 Å². The second kappa shape index (κ2) is 5.74. The number of halogens is 3. The first-order valence-corrected chi connectivity index (χ1v) is 7.39. The molecule has 0 aliphatic rings. The molecule has 0 fully saturated rings. The number of hydrogen-bond acceptors (Lipinski definition) is 2. The van der Waals surface area contributed by atoms with Crippen LogP contribution >= 0.6 is 11.3 Å². The summed E-state index contributed by atoms with van der Waals surface area (Å²) >= 11 is 1.59. The molecule has 20 heavy (non-hydrogen) atoms. The Labute approximate surface area is 120 Å². The van der Waals surface area contributed by atoms with Crippen LogP contribution in [-0.2, 0) is 6.42 Å². The van der Waals surface area contributed by atoms with Crippen molar-refractivity contribution in [2.75, 3.05) is 0 Å². The van der Waals surface area contributed by atoms with Gasteiger partial charge in [0.1, 0.15) is 0 Å². The first-order chi connectivity index (χ1) is 9.27. The average molecular weight is 302 g/mol. The quantitative estimate of drug-likeness (QED) is 0.830. The molecule has 0 saturated carbocycles. The highest BCUT2D eigenvalue weighted by Gasteiger charge is 2.29. The molecule has 1 atom stereocenters. The summed E-state index contributed by atoms with van der Waals surface area (Å²) < 4.78 is 37.5. The number of aliphatic hydroxyl groups is 1. The van der Waals surface area contributed by atoms with E-state index in [0.717, 1.165) is 15.6 Å². The standard InChI is InChI=1S/C15H17F3OS/c1-14(19,7-4-8-15(16,17)18)9-11-10-20-13-6-3-2-5-12(11)13/h2-3,5-6,10,19H,4,7-9H2,1H3. The molecule has 0 saturated heterocycles. The molecule has 0 spiro atoms. The Morgan fingerprint density at radius 3 is 2.55 bits per heavy atom. The summed E-state index contributed by atoms with van der Waals surface area (Å²) in [6.45, 7) is 1.61. The van der Waals surface area contributed by atoms with Gasteiger partial charge in [-0.25, -0.2) is 0 Å². The van der Waals surface area contributed by atoms with E-state index >= 15 is 0 Å². The summed E-state index contributed by atoms with van der Waals surface area (Å²) in [5.74, 6) is 0. The molecule has 2 rings (SSSR count). The number of rotatable bonds is 5. The Morgan fingerprint density at radius 2 is 1.85 bits per heavy atom. The van der Waals surface area contributed by atoms with E-state index in [1.165, 1.54) is 0 Å². The number of alkyl halides is 3. The van der Waals surface area contributed by atoms with E-state index in [-0.39, 0.29) is 12.8 Å². The molecule has 0 amide bonds. The first kappa shape index (κ1) is 15.3. The predicted octanol–water partition coefficient (Wildman–Crippen LogP) is 4.93. The highest BCUT2D eigenvalue weighted by molar-refractivity contribution is 7.17. The molecule has 0 aliphatic carbocycles. The van der Waals surface area contributed by atoms with Gasteiger partial charge in [-0.05, 0) is 42.2 Å². The third-order valence-corrected chi connectivity index (χ3v) is 4.32. The fourth-order valence-electron chi connectivity index (χ4n) is 2.34. The van der Waals surface area contributed by atoms with Crippen molar-refractivity contribution in [3.63, 3.8) is 0 Å². The highest BCUT2D eigenvalue weighted by Crippen LogP contribution is 2.31. The molecule has 1 unspecified atom stereocenters. The van der Waals surface area contributed by atoms with Crippen LogP contribution in [0.3, 0.4) is 0 Å². The topological polar surface area (TPSA) is 20.2 Å². The van der Waals surface area contributed by atoms with Crippen molar-refractivity contribution in [1.29, 1.82) is 0 Å². The van der Waals surface area contributed by atoms with Gasteiger partial charge in [0.2, 0.25) is 0 Å². The molecule has 110 valence electrons. The Hall–Kier alpha value is -1.07. The van der Waals surface area contributed by atoms with Gasteiger partial charge in [-0.3, -0.25) is 0 Å². The van der Waals surface area contributed by atoms with Crippen molar-refractivity contribution < 1.29 is 18.3 Å². The van der Waals surface area contributed by atoms with Crippen LogP contribution < -0.4 is 0 Å². The van der Waals surface area contributed by atoms with Gasteiger partial charge < -0.3 is 5.11 Å². The zero-order valence-electron chi connectivity index (χ0n) is 11.2. The van der Waals surface area contributed by atoms with Gasteiger partial charge in [0.05, 0.1) is 5.60 Å². The van der Waals surface area contributed by atoms with E-state index in [1.807, 2.05) is 29.6 Å². The summed E-state index contributed by atoms with van der Waals surface area (Å²) in [5, 5.41) is 13.3. The fraction of sp³-hybridized carbons (Fsp3) is 0.467. The summed E-state index contributed by atoms with van der Waals surface area (Å²) in [7, 11) is 0. The largest absolute Gasteiger partial charge is 0.390 e. The van der Waals surface area contributed by atoms with Crippen LogP contribution in [0.4, 0.5) is 13.2 Å². The van der Waals surface area contributed by atoms with Crippen molar-refractivity contribution >= 4 is 21.4 Å². The van der Waals surface area contributed by atoms with Gasteiger partial charge in [-0.2, -0.15) is 13.2 Å². The van der Waals surface area contributed by atoms with Crippen LogP contribution in [0.2, 0.25) is 0 Å². The smallest absolute Gasteiger partial charge is 0.389 e. The Balaban J connectivity index is 2.00. The SMILES string of the molecule is CC(O)(CCCC(F)(F)F)Cc1csc2ccccc12. The van der Waals surface area contributed by atoms with Crippen LogP contribution in [0, 0.1) is 0 Å². The van der Waals surface area contributed by atoms with Crippen LogP contribution in [-0.4, -0.2) is 16.9 Å². The Kier molecular flexibility index (Phi) is 4.39. The van der Waals surface area contributed by atoms with Crippen LogP contribution in [0.25, 0.3) is 10.1 Å². The molecule has 1 N–H and O–H groups in total. The van der Waals surface area contributed by atoms with Gasteiger partial charge in [0, 0.05) is 17.5 Å². The summed E-state index contributed by atoms with van der Waals surface area (Å²) in [5.41, 5.74) is -0.0997. The first-order valence-electron chi connectivity index (χ1n) is 6.51. The van der Waals surface area contributed by atoms with E-state index in [0.29, 0.717) is 6.42 Å². The fourth-order valence-corrected chi connectivity index (χ4v) is 3.30. The monoisotopic (exact) mass is 302 g/mol. The summed E-state index contributed by atoms with van der Waals surface area (Å²) in [6, 6.07) is 7.86. The second-order valence-corrected chi connectivity index (χ2v) is 6.31. The lowest BCUT2D eigenvalue weighted by atomic mass is 9.91. The summed E-state index contributed by atoms with van der Waals surface area (Å²) in [6.07, 6.45) is -4.50. The molecule has 5 heteroatoms. The van der Waals surface area contributed by atoms with Crippen LogP contribution in [0.15, 0.2) is 29.6 Å². The molecular formula is C15H17F3OS. The summed E-state index contributed by atoms with van der Waals surface area (Å²) in [4.78, 5) is 0. The van der Waals surface area contributed by atoms with Crippen molar-refractivity contribution in [3.8, 4) is 0 Å². The van der Waals surface area contributed by atoms with Crippen LogP contribution in [0.1, 0.15) is 31.7 Å². The molecule has 0 radical (unpaired) electrons. The van der Waals surface area contributed by atoms with Crippen LogP contribution in [0.5, 0.6) is 0 Å². The third kappa shape index (κ3) is 4.21. The van der Waals surface area contributed by atoms with Gasteiger partial charge in [0.25, 0.3) is 0 Å². The molecular weight excluding hydrogens is 285 g/mol. The lowest BCUT2D eigenvalue weighted by molar-refractivity contribution is -0.137. The third-order valence-electron chi connectivity index (χ3n) is 3.31. The van der Waals surface area contributed by atoms with Gasteiger partial charge in [-0.15, -0.1) is 11.3 Å². The Morgan fingerprint density at radius 1 is 1.15 bits per heavy atom. The van der Waals surface area contributed by atoms with E-state index in [2.05, 4.69) is 0 Å². The van der Waals surface area contributed by atoms with Crippen molar-refractivity contribution in [2.24, 2.45) is 0 Å². The lowest BCUT2D eigenvalue weighted by Gasteiger charge is -2.23. The zero-order chi connectivity index (χ0) is 14.8. The average Bonchev–Trinajstić information content (AvgIpc) is 2.70. The van der Waals surface area contributed by atoms with Gasteiger partial charge in [-0.1, -0.05) is 18.2 Å². The number of benzene rings is 1. The maximum Gasteiger partial charge on any atom is 0.389 e. The molecule has 0 bridgehead atoms. The van der Waals surface area contributed by atoms with Crippen molar-refractivity contribution in [3.05, 3.63) is 35.2 Å². The van der Waals surface area contributed by atoms with Gasteiger partial charge >= 0.3 is 6.18 Å². The number of thiophene rings is 1. The Bertz CT molecular complexity index is 572. The predicted molar refractivity (Wildman–Crippen MR) is 76.1 cm³/mol. The van der Waals surface area contributed by atoms with Crippen molar-refractivity contribution in [2.45, 2.75) is 44.4 Å². The number of fused-ring (bicyclic) bond motifs is 1. The highest BCUT2D eigenvalue weighted by atomic mass is 32.1. The molecule has 2 aromatic rings. The van der Waals surface area contributed by atoms with Gasteiger partial charge in [0.15, 0.2) is 0 Å². The van der Waals surface area contributed by atoms with E-state index in [9.17, 15) is 18.3 Å². The molecule has 1 aromatic carbocycles. The van der Waals surface area contributed by atoms with E-state index < -0.39 is 18.2 Å². The maximum absolute atomic E-state index is 12.1. The zero-order valence-corrected chi connectivity index (χ0v) is 12.0. The minimum absolute atomic E-state index is 0.0431. The van der Waals surface area contributed by atoms with Crippen molar-refractivity contribution in [1.82, 2.24) is 0 Å². The second-order valence-electron chi connectivity index (χ2n) is 5.40. The molecule has 1 aromatic heterocycles. The normalized spacial score (nSPS) is 15.4. The van der Waals surface area contributed by atoms with E-state index in [1.54, 1.807) is 18.3 Å². The molecule has 1 heterocycles. The minimum Gasteiger partial charge on any atom is -0.390 e. The maximum atomic E-state index is 12.1.